The Kier molecular flexibility index (Phi) is 4.38. The lowest BCUT2D eigenvalue weighted by Crippen LogP contribution is -2.08. The van der Waals surface area contributed by atoms with Gasteiger partial charge in [-0.25, -0.2) is 4.98 Å². The van der Waals surface area contributed by atoms with E-state index >= 15 is 0 Å². The lowest BCUT2D eigenvalue weighted by atomic mass is 10.2. The normalized spacial score (nSPS) is 9.94. The molecule has 0 saturated carbocycles. The number of aliphatic carboxylic acids is 1. The zero-order valence-corrected chi connectivity index (χ0v) is 9.34. The van der Waals surface area contributed by atoms with Crippen LogP contribution in [-0.4, -0.2) is 27.5 Å². The largest absolute Gasteiger partial charge is 0.481 e. The minimum atomic E-state index is -0.890. The van der Waals surface area contributed by atoms with Crippen molar-refractivity contribution in [2.24, 2.45) is 0 Å². The molecular formula is C10H13N3O4. The molecule has 0 saturated heterocycles. The maximum atomic E-state index is 10.8. The topological polar surface area (TPSA) is 105 Å². The quantitative estimate of drug-likeness (QED) is 0.443. The van der Waals surface area contributed by atoms with Crippen LogP contribution in [0.15, 0.2) is 12.3 Å². The van der Waals surface area contributed by atoms with Gasteiger partial charge in [0.2, 0.25) is 5.82 Å². The third kappa shape index (κ3) is 3.71. The van der Waals surface area contributed by atoms with Crippen molar-refractivity contribution >= 4 is 17.5 Å². The number of aryl methyl sites for hydroxylation is 1. The number of carboxylic acid groups (broad SMARTS) is 1. The van der Waals surface area contributed by atoms with E-state index in [1.165, 1.54) is 6.20 Å². The van der Waals surface area contributed by atoms with Crippen LogP contribution >= 0.6 is 0 Å². The number of rotatable bonds is 6. The van der Waals surface area contributed by atoms with Crippen molar-refractivity contribution in [2.75, 3.05) is 11.9 Å². The van der Waals surface area contributed by atoms with E-state index < -0.39 is 10.9 Å². The predicted molar refractivity (Wildman–Crippen MR) is 61.0 cm³/mol. The van der Waals surface area contributed by atoms with Gasteiger partial charge in [-0.15, -0.1) is 0 Å². The van der Waals surface area contributed by atoms with Gasteiger partial charge in [0.05, 0.1) is 4.92 Å². The molecule has 0 radical (unpaired) electrons. The summed E-state index contributed by atoms with van der Waals surface area (Å²) in [5.41, 5.74) is 0.452. The molecule has 0 unspecified atom stereocenters. The summed E-state index contributed by atoms with van der Waals surface area (Å²) < 4.78 is 0. The summed E-state index contributed by atoms with van der Waals surface area (Å²) >= 11 is 0. The second-order valence-electron chi connectivity index (χ2n) is 3.51. The SMILES string of the molecule is Cc1ccnc(NCCCC(=O)O)c1[N+](=O)[O-]. The molecule has 0 aliphatic rings. The zero-order valence-electron chi connectivity index (χ0n) is 9.34. The average Bonchev–Trinajstić information content (AvgIpc) is 2.23. The molecule has 0 aliphatic heterocycles. The molecule has 1 heterocycles. The van der Waals surface area contributed by atoms with Crippen molar-refractivity contribution in [2.45, 2.75) is 19.8 Å². The van der Waals surface area contributed by atoms with Crippen molar-refractivity contribution in [1.82, 2.24) is 4.98 Å². The van der Waals surface area contributed by atoms with Crippen LogP contribution in [-0.2, 0) is 4.79 Å². The van der Waals surface area contributed by atoms with Gasteiger partial charge in [0.15, 0.2) is 0 Å². The van der Waals surface area contributed by atoms with E-state index in [9.17, 15) is 14.9 Å². The van der Waals surface area contributed by atoms with Gasteiger partial charge >= 0.3 is 11.7 Å². The fourth-order valence-corrected chi connectivity index (χ4v) is 1.36. The van der Waals surface area contributed by atoms with E-state index in [0.717, 1.165) is 0 Å². The third-order valence-corrected chi connectivity index (χ3v) is 2.17. The van der Waals surface area contributed by atoms with Crippen LogP contribution in [0.3, 0.4) is 0 Å². The monoisotopic (exact) mass is 239 g/mol. The molecule has 7 heteroatoms. The molecule has 0 aliphatic carbocycles. The number of nitro groups is 1. The molecule has 2 N–H and O–H groups in total. The number of pyridine rings is 1. The molecule has 0 fully saturated rings. The van der Waals surface area contributed by atoms with E-state index in [1.807, 2.05) is 0 Å². The number of hydrogen-bond donors (Lipinski definition) is 2. The second-order valence-corrected chi connectivity index (χ2v) is 3.51. The van der Waals surface area contributed by atoms with Gasteiger partial charge in [0.1, 0.15) is 0 Å². The smallest absolute Gasteiger partial charge is 0.314 e. The molecule has 92 valence electrons. The Hall–Kier alpha value is -2.18. The highest BCUT2D eigenvalue weighted by Gasteiger charge is 2.17. The van der Waals surface area contributed by atoms with Gasteiger partial charge in [-0.2, -0.15) is 0 Å². The van der Waals surface area contributed by atoms with Crippen LogP contribution in [0.4, 0.5) is 11.5 Å². The maximum absolute atomic E-state index is 10.8. The summed E-state index contributed by atoms with van der Waals surface area (Å²) in [5, 5.41) is 22.0. The molecule has 1 aromatic rings. The first kappa shape index (κ1) is 12.9. The van der Waals surface area contributed by atoms with Crippen LogP contribution in [0.5, 0.6) is 0 Å². The first-order chi connectivity index (χ1) is 8.02. The summed E-state index contributed by atoms with van der Waals surface area (Å²) in [6, 6.07) is 1.56. The molecule has 0 spiro atoms. The first-order valence-electron chi connectivity index (χ1n) is 5.08. The van der Waals surface area contributed by atoms with Gasteiger partial charge in [-0.05, 0) is 19.4 Å². The van der Waals surface area contributed by atoms with Gasteiger partial charge in [-0.1, -0.05) is 0 Å². The second kappa shape index (κ2) is 5.78. The standard InChI is InChI=1S/C10H13N3O4/c1-7-4-6-12-10(9(7)13(16)17)11-5-2-3-8(14)15/h4,6H,2-3,5H2,1H3,(H,11,12)(H,14,15). The number of aromatic nitrogens is 1. The first-order valence-corrected chi connectivity index (χ1v) is 5.08. The van der Waals surface area contributed by atoms with E-state index in [-0.39, 0.29) is 17.9 Å². The molecule has 0 atom stereocenters. The van der Waals surface area contributed by atoms with Crippen LogP contribution in [0, 0.1) is 17.0 Å². The summed E-state index contributed by atoms with van der Waals surface area (Å²) in [6.45, 7) is 1.96. The molecule has 0 bridgehead atoms. The summed E-state index contributed by atoms with van der Waals surface area (Å²) in [7, 11) is 0. The van der Waals surface area contributed by atoms with E-state index in [1.54, 1.807) is 13.0 Å². The van der Waals surface area contributed by atoms with E-state index in [4.69, 9.17) is 5.11 Å². The number of anilines is 1. The Balaban J connectivity index is 2.67. The van der Waals surface area contributed by atoms with Crippen molar-refractivity contribution in [3.05, 3.63) is 27.9 Å². The van der Waals surface area contributed by atoms with Gasteiger partial charge < -0.3 is 10.4 Å². The number of nitrogens with zero attached hydrogens (tertiary/aromatic N) is 2. The van der Waals surface area contributed by atoms with Gasteiger partial charge in [0, 0.05) is 24.7 Å². The van der Waals surface area contributed by atoms with Crippen LogP contribution in [0.25, 0.3) is 0 Å². The average molecular weight is 239 g/mol. The summed E-state index contributed by atoms with van der Waals surface area (Å²) in [6.07, 6.45) is 1.89. The molecule has 7 nitrogen and oxygen atoms in total. The minimum absolute atomic E-state index is 0.0204. The van der Waals surface area contributed by atoms with Crippen LogP contribution < -0.4 is 5.32 Å². The molecule has 1 rings (SSSR count). The third-order valence-electron chi connectivity index (χ3n) is 2.17. The van der Waals surface area contributed by atoms with Crippen LogP contribution in [0.1, 0.15) is 18.4 Å². The van der Waals surface area contributed by atoms with Gasteiger partial charge in [0.25, 0.3) is 0 Å². The Morgan fingerprint density at radius 3 is 2.94 bits per heavy atom. The summed E-state index contributed by atoms with van der Waals surface area (Å²) in [5.74, 6) is -0.709. The van der Waals surface area contributed by atoms with Crippen molar-refractivity contribution in [3.8, 4) is 0 Å². The summed E-state index contributed by atoms with van der Waals surface area (Å²) in [4.78, 5) is 24.5. The number of hydrogen-bond acceptors (Lipinski definition) is 5. The van der Waals surface area contributed by atoms with Crippen molar-refractivity contribution in [1.29, 1.82) is 0 Å². The molecular weight excluding hydrogens is 226 g/mol. The lowest BCUT2D eigenvalue weighted by Gasteiger charge is -2.06. The highest BCUT2D eigenvalue weighted by atomic mass is 16.6. The highest BCUT2D eigenvalue weighted by Crippen LogP contribution is 2.25. The number of carbonyl (C=O) groups is 1. The Morgan fingerprint density at radius 1 is 1.65 bits per heavy atom. The maximum Gasteiger partial charge on any atom is 0.314 e. The molecule has 0 aromatic carbocycles. The Bertz CT molecular complexity index is 434. The molecule has 0 amide bonds. The highest BCUT2D eigenvalue weighted by molar-refractivity contribution is 5.66. The molecule has 1 aromatic heterocycles. The van der Waals surface area contributed by atoms with Crippen molar-refractivity contribution < 1.29 is 14.8 Å². The molecule has 17 heavy (non-hydrogen) atoms. The number of carboxylic acids is 1. The predicted octanol–water partition coefficient (Wildman–Crippen LogP) is 1.57. The number of nitrogens with one attached hydrogen (secondary N) is 1. The van der Waals surface area contributed by atoms with E-state index in [2.05, 4.69) is 10.3 Å². The van der Waals surface area contributed by atoms with Gasteiger partial charge in [-0.3, -0.25) is 14.9 Å². The zero-order chi connectivity index (χ0) is 12.8. The fraction of sp³-hybridized carbons (Fsp3) is 0.400. The Morgan fingerprint density at radius 2 is 2.35 bits per heavy atom. The minimum Gasteiger partial charge on any atom is -0.481 e. The van der Waals surface area contributed by atoms with Crippen LogP contribution in [0.2, 0.25) is 0 Å². The Labute approximate surface area is 97.6 Å². The fourth-order valence-electron chi connectivity index (χ4n) is 1.36. The van der Waals surface area contributed by atoms with E-state index in [0.29, 0.717) is 18.5 Å². The lowest BCUT2D eigenvalue weighted by molar-refractivity contribution is -0.384. The van der Waals surface area contributed by atoms with Crippen molar-refractivity contribution in [3.63, 3.8) is 0 Å².